The second kappa shape index (κ2) is 4.40. The highest BCUT2D eigenvalue weighted by Gasteiger charge is 2.35. The lowest BCUT2D eigenvalue weighted by Crippen LogP contribution is -2.09. The van der Waals surface area contributed by atoms with Crippen LogP contribution in [0.1, 0.15) is 5.56 Å². The van der Waals surface area contributed by atoms with Crippen LogP contribution in [0.15, 0.2) is 12.1 Å². The van der Waals surface area contributed by atoms with Crippen molar-refractivity contribution in [2.24, 2.45) is 0 Å². The van der Waals surface area contributed by atoms with E-state index in [-0.39, 0.29) is 12.1 Å². The Morgan fingerprint density at radius 2 is 1.75 bits per heavy atom. The zero-order chi connectivity index (χ0) is 12.5. The van der Waals surface area contributed by atoms with Gasteiger partial charge in [-0.2, -0.15) is 22.0 Å². The van der Waals surface area contributed by atoms with Crippen LogP contribution < -0.4 is 4.74 Å². The van der Waals surface area contributed by atoms with Crippen molar-refractivity contribution in [2.45, 2.75) is 12.8 Å². The molecular formula is C8H3ClF6O. The number of halogens is 7. The Hall–Kier alpha value is -1.11. The highest BCUT2D eigenvalue weighted by atomic mass is 35.5. The fraction of sp³-hybridized carbons (Fsp3) is 0.250. The van der Waals surface area contributed by atoms with Crippen molar-refractivity contribution in [3.8, 4) is 5.75 Å². The molecule has 0 spiro atoms. The van der Waals surface area contributed by atoms with E-state index >= 15 is 0 Å². The van der Waals surface area contributed by atoms with Crippen LogP contribution >= 0.6 is 11.6 Å². The first-order chi connectivity index (χ1) is 7.21. The molecule has 0 saturated heterocycles. The quantitative estimate of drug-likeness (QED) is 0.731. The molecule has 0 aliphatic heterocycles. The molecule has 0 atom stereocenters. The largest absolute Gasteiger partial charge is 0.433 e. The molecule has 8 heteroatoms. The molecular weight excluding hydrogens is 262 g/mol. The summed E-state index contributed by atoms with van der Waals surface area (Å²) < 4.78 is 76.5. The van der Waals surface area contributed by atoms with E-state index in [0.717, 1.165) is 0 Å². The molecule has 0 N–H and O–H groups in total. The highest BCUT2D eigenvalue weighted by Crippen LogP contribution is 2.37. The summed E-state index contributed by atoms with van der Waals surface area (Å²) in [6, 6.07) is 0.353. The van der Waals surface area contributed by atoms with E-state index in [1.807, 2.05) is 0 Å². The topological polar surface area (TPSA) is 9.23 Å². The van der Waals surface area contributed by atoms with Crippen LogP contribution in [0.2, 0.25) is 5.02 Å². The predicted octanol–water partition coefficient (Wildman–Crippen LogP) is 4.10. The third kappa shape index (κ3) is 2.94. The van der Waals surface area contributed by atoms with Gasteiger partial charge in [-0.05, 0) is 6.07 Å². The van der Waals surface area contributed by atoms with E-state index in [9.17, 15) is 26.3 Å². The van der Waals surface area contributed by atoms with Gasteiger partial charge in [-0.25, -0.2) is 4.39 Å². The number of hydrogen-bond acceptors (Lipinski definition) is 1. The second-order valence-corrected chi connectivity index (χ2v) is 3.05. The Morgan fingerprint density at radius 3 is 2.19 bits per heavy atom. The van der Waals surface area contributed by atoms with Gasteiger partial charge < -0.3 is 4.74 Å². The fourth-order valence-electron chi connectivity index (χ4n) is 0.932. The molecule has 0 aliphatic rings. The third-order valence-corrected chi connectivity index (χ3v) is 1.84. The van der Waals surface area contributed by atoms with Gasteiger partial charge in [0.1, 0.15) is 11.6 Å². The molecule has 1 aromatic carbocycles. The molecule has 1 rings (SSSR count). The van der Waals surface area contributed by atoms with Gasteiger partial charge in [0, 0.05) is 6.07 Å². The summed E-state index contributed by atoms with van der Waals surface area (Å²) in [5.41, 5.74) is -1.64. The van der Waals surface area contributed by atoms with E-state index < -0.39 is 34.9 Å². The van der Waals surface area contributed by atoms with Crippen molar-refractivity contribution in [1.82, 2.24) is 0 Å². The van der Waals surface area contributed by atoms with Crippen LogP contribution in [0, 0.1) is 5.82 Å². The van der Waals surface area contributed by atoms with E-state index in [1.54, 1.807) is 0 Å². The van der Waals surface area contributed by atoms with Crippen LogP contribution in [0.5, 0.6) is 5.75 Å². The lowest BCUT2D eigenvalue weighted by Gasteiger charge is -2.11. The van der Waals surface area contributed by atoms with Gasteiger partial charge in [-0.1, -0.05) is 11.6 Å². The lowest BCUT2D eigenvalue weighted by atomic mass is 10.2. The summed E-state index contributed by atoms with van der Waals surface area (Å²) in [6.07, 6.45) is -4.95. The first-order valence-corrected chi connectivity index (χ1v) is 4.10. The van der Waals surface area contributed by atoms with Crippen molar-refractivity contribution in [3.63, 3.8) is 0 Å². The van der Waals surface area contributed by atoms with E-state index in [4.69, 9.17) is 11.6 Å². The number of hydrogen-bond donors (Lipinski definition) is 0. The van der Waals surface area contributed by atoms with Crippen molar-refractivity contribution in [1.29, 1.82) is 0 Å². The van der Waals surface area contributed by atoms with Crippen molar-refractivity contribution < 1.29 is 31.1 Å². The van der Waals surface area contributed by atoms with Gasteiger partial charge in [-0.15, -0.1) is 0 Å². The van der Waals surface area contributed by atoms with Crippen molar-refractivity contribution in [2.75, 3.05) is 0 Å². The minimum absolute atomic E-state index is 0.164. The lowest BCUT2D eigenvalue weighted by molar-refractivity contribution is -0.140. The molecule has 0 saturated carbocycles. The second-order valence-electron chi connectivity index (χ2n) is 2.64. The highest BCUT2D eigenvalue weighted by molar-refractivity contribution is 6.32. The zero-order valence-electron chi connectivity index (χ0n) is 7.29. The number of alkyl halides is 5. The summed E-state index contributed by atoms with van der Waals surface area (Å²) in [5.74, 6) is -2.57. The number of benzene rings is 1. The molecule has 0 aliphatic carbocycles. The minimum Gasteiger partial charge on any atom is -0.433 e. The Balaban J connectivity index is 3.17. The SMILES string of the molecule is Fc1cc(OC(F)F)c(Cl)cc1C(F)(F)F. The van der Waals surface area contributed by atoms with Gasteiger partial charge in [0.15, 0.2) is 0 Å². The van der Waals surface area contributed by atoms with Crippen molar-refractivity contribution >= 4 is 11.6 Å². The first-order valence-electron chi connectivity index (χ1n) is 3.73. The summed E-state index contributed by atoms with van der Waals surface area (Å²) >= 11 is 5.23. The normalized spacial score (nSPS) is 12.0. The average Bonchev–Trinajstić information content (AvgIpc) is 2.07. The summed E-state index contributed by atoms with van der Waals surface area (Å²) in [5, 5.41) is -0.742. The van der Waals surface area contributed by atoms with Gasteiger partial charge in [0.25, 0.3) is 0 Å². The molecule has 0 amide bonds. The molecule has 0 heterocycles. The Bertz CT molecular complexity index is 389. The molecule has 0 fully saturated rings. The van der Waals surface area contributed by atoms with E-state index in [2.05, 4.69) is 4.74 Å². The maximum Gasteiger partial charge on any atom is 0.419 e. The molecule has 0 unspecified atom stereocenters. The van der Waals surface area contributed by atoms with Gasteiger partial charge in [0.2, 0.25) is 0 Å². The first kappa shape index (κ1) is 13.0. The smallest absolute Gasteiger partial charge is 0.419 e. The third-order valence-electron chi connectivity index (χ3n) is 1.54. The van der Waals surface area contributed by atoms with Crippen LogP contribution in [0.4, 0.5) is 26.3 Å². The molecule has 1 nitrogen and oxygen atoms in total. The number of rotatable bonds is 2. The number of ether oxygens (including phenoxy) is 1. The summed E-state index contributed by atoms with van der Waals surface area (Å²) in [7, 11) is 0. The van der Waals surface area contributed by atoms with Crippen molar-refractivity contribution in [3.05, 3.63) is 28.5 Å². The monoisotopic (exact) mass is 264 g/mol. The van der Waals surface area contributed by atoms with Gasteiger partial charge >= 0.3 is 12.8 Å². The summed E-state index contributed by atoms with van der Waals surface area (Å²) in [6.45, 7) is -3.30. The molecule has 0 bridgehead atoms. The Morgan fingerprint density at radius 1 is 1.19 bits per heavy atom. The van der Waals surface area contributed by atoms with Crippen LogP contribution in [-0.4, -0.2) is 6.61 Å². The molecule has 1 aromatic rings. The van der Waals surface area contributed by atoms with Gasteiger partial charge in [0.05, 0.1) is 10.6 Å². The van der Waals surface area contributed by atoms with Crippen LogP contribution in [0.25, 0.3) is 0 Å². The standard InChI is InChI=1S/C8H3ClF6O/c9-4-1-3(8(13,14)15)5(10)2-6(4)16-7(11)12/h1-2,7H. The van der Waals surface area contributed by atoms with E-state index in [1.165, 1.54) is 0 Å². The molecule has 0 radical (unpaired) electrons. The Labute approximate surface area is 90.6 Å². The van der Waals surface area contributed by atoms with Crippen LogP contribution in [-0.2, 0) is 6.18 Å². The molecule has 0 aromatic heterocycles. The van der Waals surface area contributed by atoms with Gasteiger partial charge in [-0.3, -0.25) is 0 Å². The zero-order valence-corrected chi connectivity index (χ0v) is 8.04. The maximum atomic E-state index is 12.9. The van der Waals surface area contributed by atoms with E-state index in [0.29, 0.717) is 0 Å². The average molecular weight is 265 g/mol. The predicted molar refractivity (Wildman–Crippen MR) is 43.0 cm³/mol. The maximum absolute atomic E-state index is 12.9. The fourth-order valence-corrected chi connectivity index (χ4v) is 1.14. The van der Waals surface area contributed by atoms with Crippen LogP contribution in [0.3, 0.4) is 0 Å². The Kier molecular flexibility index (Phi) is 3.57. The summed E-state index contributed by atoms with van der Waals surface area (Å²) in [4.78, 5) is 0. The minimum atomic E-state index is -4.95. The molecule has 90 valence electrons. The molecule has 16 heavy (non-hydrogen) atoms.